The molecule has 0 aliphatic carbocycles. The molecule has 1 aromatic heterocycles. The molecule has 19 heavy (non-hydrogen) atoms. The van der Waals surface area contributed by atoms with Gasteiger partial charge in [0.2, 0.25) is 0 Å². The molecular formula is C14H14BrCl2NS. The van der Waals surface area contributed by atoms with Crippen LogP contribution in [0.25, 0.3) is 0 Å². The molecule has 0 saturated heterocycles. The SMILES string of the molecule is CCNC(c1cc(Cl)cc(Cl)c1)c1sc(C)cc1Br. The predicted molar refractivity (Wildman–Crippen MR) is 88.7 cm³/mol. The van der Waals surface area contributed by atoms with Crippen molar-refractivity contribution < 1.29 is 0 Å². The van der Waals surface area contributed by atoms with Gasteiger partial charge in [-0.1, -0.05) is 30.1 Å². The maximum Gasteiger partial charge on any atom is 0.0683 e. The molecule has 1 unspecified atom stereocenters. The average Bonchev–Trinajstić information content (AvgIpc) is 2.64. The number of rotatable bonds is 4. The van der Waals surface area contributed by atoms with Gasteiger partial charge in [-0.3, -0.25) is 0 Å². The summed E-state index contributed by atoms with van der Waals surface area (Å²) in [5, 5.41) is 4.81. The van der Waals surface area contributed by atoms with Gasteiger partial charge in [-0.2, -0.15) is 0 Å². The lowest BCUT2D eigenvalue weighted by molar-refractivity contribution is 0.638. The molecule has 5 heteroatoms. The summed E-state index contributed by atoms with van der Waals surface area (Å²) in [7, 11) is 0. The zero-order chi connectivity index (χ0) is 14.0. The van der Waals surface area contributed by atoms with Crippen molar-refractivity contribution in [3.8, 4) is 0 Å². The van der Waals surface area contributed by atoms with Gasteiger partial charge in [0, 0.05) is 24.3 Å². The largest absolute Gasteiger partial charge is 0.306 e. The molecule has 2 aromatic rings. The topological polar surface area (TPSA) is 12.0 Å². The molecule has 102 valence electrons. The molecule has 0 aliphatic heterocycles. The Bertz CT molecular complexity index is 563. The van der Waals surface area contributed by atoms with Crippen molar-refractivity contribution in [2.45, 2.75) is 19.9 Å². The summed E-state index contributed by atoms with van der Waals surface area (Å²) < 4.78 is 1.12. The van der Waals surface area contributed by atoms with Gasteiger partial charge in [-0.25, -0.2) is 0 Å². The maximum absolute atomic E-state index is 6.11. The van der Waals surface area contributed by atoms with Crippen LogP contribution in [-0.4, -0.2) is 6.54 Å². The summed E-state index contributed by atoms with van der Waals surface area (Å²) in [5.74, 6) is 0. The van der Waals surface area contributed by atoms with Gasteiger partial charge < -0.3 is 5.32 Å². The number of nitrogens with one attached hydrogen (secondary N) is 1. The first kappa shape index (κ1) is 15.3. The van der Waals surface area contributed by atoms with E-state index < -0.39 is 0 Å². The minimum atomic E-state index is 0.106. The molecule has 0 saturated carbocycles. The van der Waals surface area contributed by atoms with Crippen molar-refractivity contribution >= 4 is 50.5 Å². The van der Waals surface area contributed by atoms with Gasteiger partial charge in [0.05, 0.1) is 6.04 Å². The van der Waals surface area contributed by atoms with E-state index in [-0.39, 0.29) is 6.04 Å². The minimum Gasteiger partial charge on any atom is -0.306 e. The second kappa shape index (κ2) is 6.59. The first-order chi connectivity index (χ1) is 9.01. The fraction of sp³-hybridized carbons (Fsp3) is 0.286. The van der Waals surface area contributed by atoms with Gasteiger partial charge >= 0.3 is 0 Å². The average molecular weight is 379 g/mol. The summed E-state index contributed by atoms with van der Waals surface area (Å²) in [6, 6.07) is 7.92. The second-order valence-corrected chi connectivity index (χ2v) is 7.28. The first-order valence-corrected chi connectivity index (χ1v) is 8.33. The van der Waals surface area contributed by atoms with Crippen molar-refractivity contribution in [1.82, 2.24) is 5.32 Å². The van der Waals surface area contributed by atoms with E-state index in [4.69, 9.17) is 23.2 Å². The Morgan fingerprint density at radius 3 is 2.32 bits per heavy atom. The van der Waals surface area contributed by atoms with Crippen LogP contribution in [0.4, 0.5) is 0 Å². The fourth-order valence-electron chi connectivity index (χ4n) is 2.01. The van der Waals surface area contributed by atoms with E-state index in [1.807, 2.05) is 12.1 Å². The van der Waals surface area contributed by atoms with Crippen LogP contribution in [0.3, 0.4) is 0 Å². The summed E-state index contributed by atoms with van der Waals surface area (Å²) in [6.45, 7) is 5.07. The van der Waals surface area contributed by atoms with Gasteiger partial charge in [-0.15, -0.1) is 11.3 Å². The Kier molecular flexibility index (Phi) is 5.32. The molecule has 0 amide bonds. The van der Waals surface area contributed by atoms with Crippen LogP contribution in [0.1, 0.15) is 28.3 Å². The fourth-order valence-corrected chi connectivity index (χ4v) is 4.53. The Morgan fingerprint density at radius 2 is 1.84 bits per heavy atom. The second-order valence-electron chi connectivity index (χ2n) is 4.26. The van der Waals surface area contributed by atoms with Crippen LogP contribution in [-0.2, 0) is 0 Å². The number of halogens is 3. The summed E-state index contributed by atoms with van der Waals surface area (Å²) in [5.41, 5.74) is 1.09. The van der Waals surface area contributed by atoms with E-state index in [2.05, 4.69) is 41.2 Å². The lowest BCUT2D eigenvalue weighted by Crippen LogP contribution is -2.21. The van der Waals surface area contributed by atoms with E-state index in [9.17, 15) is 0 Å². The van der Waals surface area contributed by atoms with Crippen LogP contribution in [0.15, 0.2) is 28.7 Å². The molecule has 0 aliphatic rings. The van der Waals surface area contributed by atoms with Crippen LogP contribution in [0.2, 0.25) is 10.0 Å². The number of benzene rings is 1. The van der Waals surface area contributed by atoms with E-state index >= 15 is 0 Å². The number of thiophene rings is 1. The lowest BCUT2D eigenvalue weighted by atomic mass is 10.1. The molecule has 0 radical (unpaired) electrons. The lowest BCUT2D eigenvalue weighted by Gasteiger charge is -2.18. The molecule has 0 bridgehead atoms. The van der Waals surface area contributed by atoms with E-state index in [0.29, 0.717) is 10.0 Å². The number of hydrogen-bond donors (Lipinski definition) is 1. The van der Waals surface area contributed by atoms with Gasteiger partial charge in [0.25, 0.3) is 0 Å². The normalized spacial score (nSPS) is 12.7. The number of aryl methyl sites for hydroxylation is 1. The highest BCUT2D eigenvalue weighted by atomic mass is 79.9. The van der Waals surface area contributed by atoms with Crippen molar-refractivity contribution in [2.24, 2.45) is 0 Å². The minimum absolute atomic E-state index is 0.106. The highest BCUT2D eigenvalue weighted by Crippen LogP contribution is 2.37. The first-order valence-electron chi connectivity index (χ1n) is 5.96. The Morgan fingerprint density at radius 1 is 1.21 bits per heavy atom. The smallest absolute Gasteiger partial charge is 0.0683 e. The summed E-state index contributed by atoms with van der Waals surface area (Å²) in [4.78, 5) is 2.52. The van der Waals surface area contributed by atoms with Crippen LogP contribution >= 0.6 is 50.5 Å². The van der Waals surface area contributed by atoms with Gasteiger partial charge in [0.1, 0.15) is 0 Å². The molecule has 1 aromatic carbocycles. The Balaban J connectivity index is 2.47. The van der Waals surface area contributed by atoms with E-state index in [1.165, 1.54) is 9.75 Å². The third-order valence-corrected chi connectivity index (χ3v) is 5.20. The highest BCUT2D eigenvalue weighted by molar-refractivity contribution is 9.10. The van der Waals surface area contributed by atoms with Crippen molar-refractivity contribution in [3.05, 3.63) is 54.1 Å². The molecule has 1 heterocycles. The summed E-state index contributed by atoms with van der Waals surface area (Å²) in [6.07, 6.45) is 0. The van der Waals surface area contributed by atoms with Gasteiger partial charge in [-0.05, 0) is 59.2 Å². The summed E-state index contributed by atoms with van der Waals surface area (Å²) >= 11 is 17.6. The van der Waals surface area contributed by atoms with E-state index in [0.717, 1.165) is 16.6 Å². The van der Waals surface area contributed by atoms with Crippen molar-refractivity contribution in [3.63, 3.8) is 0 Å². The van der Waals surface area contributed by atoms with Crippen LogP contribution in [0.5, 0.6) is 0 Å². The Labute approximate surface area is 136 Å². The standard InChI is InChI=1S/C14H14BrCl2NS/c1-3-18-13(14-12(15)4-8(2)19-14)9-5-10(16)7-11(17)6-9/h4-7,13,18H,3H2,1-2H3. The number of hydrogen-bond acceptors (Lipinski definition) is 2. The molecule has 2 rings (SSSR count). The zero-order valence-corrected chi connectivity index (χ0v) is 14.6. The zero-order valence-electron chi connectivity index (χ0n) is 10.6. The molecule has 1 atom stereocenters. The highest BCUT2D eigenvalue weighted by Gasteiger charge is 2.19. The van der Waals surface area contributed by atoms with Crippen LogP contribution < -0.4 is 5.32 Å². The molecule has 0 fully saturated rings. The Hall–Kier alpha value is -0.0600. The monoisotopic (exact) mass is 377 g/mol. The molecular weight excluding hydrogens is 365 g/mol. The van der Waals surface area contributed by atoms with Crippen molar-refractivity contribution in [2.75, 3.05) is 6.54 Å². The van der Waals surface area contributed by atoms with Crippen LogP contribution in [0, 0.1) is 6.92 Å². The third-order valence-electron chi connectivity index (χ3n) is 2.72. The molecule has 0 spiro atoms. The third kappa shape index (κ3) is 3.73. The van der Waals surface area contributed by atoms with Crippen molar-refractivity contribution in [1.29, 1.82) is 0 Å². The predicted octanol–water partition coefficient (Wildman–Crippen LogP) is 5.82. The quantitative estimate of drug-likeness (QED) is 0.706. The molecule has 1 nitrogen and oxygen atoms in total. The maximum atomic E-state index is 6.11. The van der Waals surface area contributed by atoms with E-state index in [1.54, 1.807) is 17.4 Å². The van der Waals surface area contributed by atoms with Gasteiger partial charge in [0.15, 0.2) is 0 Å². The molecule has 1 N–H and O–H groups in total.